The maximum Gasteiger partial charge on any atom is 0.303 e. The van der Waals surface area contributed by atoms with E-state index in [0.717, 1.165) is 18.4 Å². The third-order valence-electron chi connectivity index (χ3n) is 8.52. The maximum atomic E-state index is 12.9. The fraction of sp³-hybridized carbons (Fsp3) is 0.696. The van der Waals surface area contributed by atoms with Gasteiger partial charge in [0.05, 0.1) is 6.10 Å². The topological polar surface area (TPSA) is 101 Å². The smallest absolute Gasteiger partial charge is 0.303 e. The van der Waals surface area contributed by atoms with Crippen molar-refractivity contribution in [2.75, 3.05) is 6.61 Å². The van der Waals surface area contributed by atoms with Crippen LogP contribution in [-0.4, -0.2) is 46.1 Å². The molecule has 0 aromatic carbocycles. The lowest BCUT2D eigenvalue weighted by Gasteiger charge is -2.59. The predicted octanol–water partition coefficient (Wildman–Crippen LogP) is 2.13. The summed E-state index contributed by atoms with van der Waals surface area (Å²) >= 11 is 0. The number of aliphatic hydroxyl groups is 2. The van der Waals surface area contributed by atoms with Crippen molar-refractivity contribution in [2.45, 2.75) is 64.6 Å². The van der Waals surface area contributed by atoms with E-state index in [0.29, 0.717) is 19.3 Å². The van der Waals surface area contributed by atoms with Crippen LogP contribution in [0.15, 0.2) is 23.8 Å². The zero-order valence-corrected chi connectivity index (χ0v) is 17.3. The van der Waals surface area contributed by atoms with Gasteiger partial charge in [-0.2, -0.15) is 0 Å². The van der Waals surface area contributed by atoms with Crippen molar-refractivity contribution < 1.29 is 29.3 Å². The van der Waals surface area contributed by atoms with Crippen LogP contribution >= 0.6 is 0 Å². The van der Waals surface area contributed by atoms with Gasteiger partial charge in [-0.1, -0.05) is 25.5 Å². The van der Waals surface area contributed by atoms with Crippen molar-refractivity contribution in [1.29, 1.82) is 0 Å². The molecule has 0 aromatic rings. The Morgan fingerprint density at radius 1 is 1.28 bits per heavy atom. The van der Waals surface area contributed by atoms with Gasteiger partial charge in [0.25, 0.3) is 0 Å². The van der Waals surface area contributed by atoms with Crippen LogP contribution in [0.3, 0.4) is 0 Å². The number of hydrogen-bond donors (Lipinski definition) is 2. The molecule has 5 unspecified atom stereocenters. The molecule has 6 heteroatoms. The number of hydrogen-bond acceptors (Lipinski definition) is 6. The predicted molar refractivity (Wildman–Crippen MR) is 105 cm³/mol. The average Bonchev–Trinajstić information content (AvgIpc) is 2.91. The largest absolute Gasteiger partial charge is 0.458 e. The summed E-state index contributed by atoms with van der Waals surface area (Å²) in [7, 11) is 0. The summed E-state index contributed by atoms with van der Waals surface area (Å²) in [6.45, 7) is 4.80. The summed E-state index contributed by atoms with van der Waals surface area (Å²) in [6.07, 6.45) is 7.50. The lowest BCUT2D eigenvalue weighted by atomic mass is 9.46. The van der Waals surface area contributed by atoms with Crippen LogP contribution in [-0.2, 0) is 19.1 Å². The van der Waals surface area contributed by atoms with Crippen molar-refractivity contribution in [2.24, 2.45) is 28.6 Å². The molecule has 4 aliphatic rings. The first-order valence-electron chi connectivity index (χ1n) is 10.5. The number of fused-ring (bicyclic) bond motifs is 5. The van der Waals surface area contributed by atoms with E-state index in [1.54, 1.807) is 12.2 Å². The Labute approximate surface area is 171 Å². The Morgan fingerprint density at radius 2 is 2.00 bits per heavy atom. The van der Waals surface area contributed by atoms with Crippen LogP contribution in [0.5, 0.6) is 0 Å². The molecule has 3 fully saturated rings. The van der Waals surface area contributed by atoms with Crippen LogP contribution < -0.4 is 0 Å². The van der Waals surface area contributed by atoms with Crippen molar-refractivity contribution in [1.82, 2.24) is 0 Å². The number of aliphatic hydroxyl groups excluding tert-OH is 1. The summed E-state index contributed by atoms with van der Waals surface area (Å²) in [5, 5.41) is 22.7. The van der Waals surface area contributed by atoms with Gasteiger partial charge in [-0.3, -0.25) is 14.4 Å². The highest BCUT2D eigenvalue weighted by Gasteiger charge is 2.68. The molecule has 29 heavy (non-hydrogen) atoms. The molecule has 4 aliphatic carbocycles. The average molecular weight is 402 g/mol. The van der Waals surface area contributed by atoms with E-state index >= 15 is 0 Å². The van der Waals surface area contributed by atoms with Gasteiger partial charge in [-0.05, 0) is 56.1 Å². The SMILES string of the molecule is CC(=O)OCC(=O)[C@@]1(O)CCC2C3CCC4=CC(=O)C=CC4(C)C3C(O)C[C@]21C. The summed E-state index contributed by atoms with van der Waals surface area (Å²) < 4.78 is 4.88. The van der Waals surface area contributed by atoms with Crippen LogP contribution in [0.4, 0.5) is 0 Å². The zero-order chi connectivity index (χ0) is 21.2. The van der Waals surface area contributed by atoms with Gasteiger partial charge in [0.15, 0.2) is 12.4 Å². The molecule has 0 spiro atoms. The van der Waals surface area contributed by atoms with Crippen molar-refractivity contribution in [3.63, 3.8) is 0 Å². The molecule has 158 valence electrons. The molecule has 4 rings (SSSR count). The minimum absolute atomic E-state index is 0.00243. The fourth-order valence-electron chi connectivity index (χ4n) is 7.08. The standard InChI is InChI=1S/C23H30O6/c1-13(24)29-12-19(27)23(28)9-7-17-16-5-4-14-10-15(25)6-8-21(14,2)20(16)18(26)11-22(17,23)3/h6,8,10,16-18,20,26,28H,4-5,7,9,11-12H2,1-3H3/t16?,17?,18?,20?,21?,22-,23+/m1/s1. The molecule has 6 nitrogen and oxygen atoms in total. The molecule has 2 N–H and O–H groups in total. The van der Waals surface area contributed by atoms with Gasteiger partial charge >= 0.3 is 5.97 Å². The molecular formula is C23H30O6. The first kappa shape index (κ1) is 20.5. The molecule has 0 heterocycles. The minimum Gasteiger partial charge on any atom is -0.458 e. The number of esters is 1. The van der Waals surface area contributed by atoms with Gasteiger partial charge < -0.3 is 14.9 Å². The number of carbonyl (C=O) groups excluding carboxylic acids is 3. The van der Waals surface area contributed by atoms with E-state index < -0.39 is 35.5 Å². The Morgan fingerprint density at radius 3 is 2.69 bits per heavy atom. The first-order chi connectivity index (χ1) is 13.5. The number of ketones is 2. The van der Waals surface area contributed by atoms with Crippen LogP contribution in [0.1, 0.15) is 52.9 Å². The zero-order valence-electron chi connectivity index (χ0n) is 17.3. The summed E-state index contributed by atoms with van der Waals surface area (Å²) in [6, 6.07) is 0. The molecule has 0 aromatic heterocycles. The second-order valence-corrected chi connectivity index (χ2v) is 9.81. The molecule has 0 aliphatic heterocycles. The fourth-order valence-corrected chi connectivity index (χ4v) is 7.08. The first-order valence-corrected chi connectivity index (χ1v) is 10.5. The Kier molecular flexibility index (Phi) is 4.67. The van der Waals surface area contributed by atoms with E-state index in [-0.39, 0.29) is 29.0 Å². The normalized spacial score (nSPS) is 45.7. The van der Waals surface area contributed by atoms with Gasteiger partial charge in [-0.25, -0.2) is 0 Å². The molecule has 3 saturated carbocycles. The summed E-state index contributed by atoms with van der Waals surface area (Å²) in [4.78, 5) is 35.9. The number of rotatable bonds is 3. The number of ether oxygens (including phenoxy) is 1. The van der Waals surface area contributed by atoms with E-state index in [2.05, 4.69) is 6.92 Å². The molecule has 0 amide bonds. The quantitative estimate of drug-likeness (QED) is 0.702. The van der Waals surface area contributed by atoms with E-state index in [4.69, 9.17) is 4.74 Å². The molecule has 0 saturated heterocycles. The van der Waals surface area contributed by atoms with Crippen molar-refractivity contribution in [3.8, 4) is 0 Å². The number of carbonyl (C=O) groups is 3. The minimum atomic E-state index is -1.60. The van der Waals surface area contributed by atoms with Gasteiger partial charge in [0.2, 0.25) is 5.78 Å². The second-order valence-electron chi connectivity index (χ2n) is 9.81. The van der Waals surface area contributed by atoms with Gasteiger partial charge in [-0.15, -0.1) is 0 Å². The Bertz CT molecular complexity index is 827. The van der Waals surface area contributed by atoms with Crippen molar-refractivity contribution in [3.05, 3.63) is 23.8 Å². The van der Waals surface area contributed by atoms with E-state index in [1.807, 2.05) is 13.0 Å². The number of allylic oxidation sites excluding steroid dienone is 4. The lowest BCUT2D eigenvalue weighted by molar-refractivity contribution is -0.181. The summed E-state index contributed by atoms with van der Waals surface area (Å²) in [5.74, 6) is -0.836. The van der Waals surface area contributed by atoms with Crippen LogP contribution in [0.2, 0.25) is 0 Å². The highest BCUT2D eigenvalue weighted by Crippen LogP contribution is 2.67. The third-order valence-corrected chi connectivity index (χ3v) is 8.52. The molecule has 0 bridgehead atoms. The summed E-state index contributed by atoms with van der Waals surface area (Å²) in [5.41, 5.74) is -1.67. The van der Waals surface area contributed by atoms with Gasteiger partial charge in [0, 0.05) is 23.7 Å². The third kappa shape index (κ3) is 2.79. The lowest BCUT2D eigenvalue weighted by Crippen LogP contribution is -2.61. The van der Waals surface area contributed by atoms with Gasteiger partial charge in [0.1, 0.15) is 5.60 Å². The Balaban J connectivity index is 1.66. The maximum absolute atomic E-state index is 12.9. The second kappa shape index (κ2) is 6.61. The highest BCUT2D eigenvalue weighted by atomic mass is 16.5. The van der Waals surface area contributed by atoms with Crippen LogP contribution in [0, 0.1) is 28.6 Å². The van der Waals surface area contributed by atoms with E-state index in [1.165, 1.54) is 6.92 Å². The molecule has 0 radical (unpaired) electrons. The molecule has 7 atom stereocenters. The van der Waals surface area contributed by atoms with E-state index in [9.17, 15) is 24.6 Å². The van der Waals surface area contributed by atoms with Crippen LogP contribution in [0.25, 0.3) is 0 Å². The molecular weight excluding hydrogens is 372 g/mol. The highest BCUT2D eigenvalue weighted by molar-refractivity contribution is 6.01. The Hall–Kier alpha value is -1.79. The van der Waals surface area contributed by atoms with Crippen molar-refractivity contribution >= 4 is 17.5 Å². The monoisotopic (exact) mass is 402 g/mol. The number of Topliss-reactive ketones (excluding diaryl/α,β-unsaturated/α-hetero) is 1.